The molecule has 3 rings (SSSR count). The Morgan fingerprint density at radius 1 is 1.45 bits per heavy atom. The summed E-state index contributed by atoms with van der Waals surface area (Å²) in [5, 5.41) is 14.6. The van der Waals surface area contributed by atoms with Crippen LogP contribution in [0.3, 0.4) is 0 Å². The topological polar surface area (TPSA) is 107 Å². The number of nitrogens with zero attached hydrogens (tertiary/aromatic N) is 5. The molecule has 0 unspecified atom stereocenters. The standard InChI is InChI=1S/C13H14N6O3/c1-8-15-13(22-18-8)9-3-4-19-10(5-9)16-17-11(19)6-14-12(20)7-21-2/h3-5H,6-7H2,1-2H3,(H,14,20). The lowest BCUT2D eigenvalue weighted by Gasteiger charge is -2.03. The predicted octanol–water partition coefficient (Wildman–Crippen LogP) is 0.350. The molecule has 0 aliphatic heterocycles. The summed E-state index contributed by atoms with van der Waals surface area (Å²) >= 11 is 0. The van der Waals surface area contributed by atoms with E-state index in [1.807, 2.05) is 6.07 Å². The number of ether oxygens (including phenoxy) is 1. The van der Waals surface area contributed by atoms with Gasteiger partial charge in [0.25, 0.3) is 5.89 Å². The quantitative estimate of drug-likeness (QED) is 0.724. The second-order valence-electron chi connectivity index (χ2n) is 4.62. The summed E-state index contributed by atoms with van der Waals surface area (Å²) < 4.78 is 11.6. The molecule has 1 N–H and O–H groups in total. The molecule has 0 spiro atoms. The third-order valence-corrected chi connectivity index (χ3v) is 2.97. The molecule has 0 saturated heterocycles. The van der Waals surface area contributed by atoms with Crippen molar-refractivity contribution < 1.29 is 14.1 Å². The Labute approximate surface area is 125 Å². The van der Waals surface area contributed by atoms with Crippen LogP contribution in [-0.2, 0) is 16.1 Å². The second kappa shape index (κ2) is 5.90. The lowest BCUT2D eigenvalue weighted by Crippen LogP contribution is -2.27. The van der Waals surface area contributed by atoms with E-state index < -0.39 is 0 Å². The van der Waals surface area contributed by atoms with Crippen molar-refractivity contribution in [3.05, 3.63) is 30.0 Å². The maximum atomic E-state index is 11.4. The smallest absolute Gasteiger partial charge is 0.258 e. The van der Waals surface area contributed by atoms with E-state index in [-0.39, 0.29) is 19.1 Å². The summed E-state index contributed by atoms with van der Waals surface area (Å²) in [4.78, 5) is 15.6. The summed E-state index contributed by atoms with van der Waals surface area (Å²) in [5.74, 6) is 1.40. The summed E-state index contributed by atoms with van der Waals surface area (Å²) in [7, 11) is 1.47. The van der Waals surface area contributed by atoms with Gasteiger partial charge in [0.2, 0.25) is 5.91 Å². The SMILES string of the molecule is COCC(=O)NCc1nnc2cc(-c3nc(C)no3)ccn12. The Balaban J connectivity index is 1.82. The Kier molecular flexibility index (Phi) is 3.79. The molecule has 0 bridgehead atoms. The lowest BCUT2D eigenvalue weighted by atomic mass is 10.2. The highest BCUT2D eigenvalue weighted by Gasteiger charge is 2.11. The van der Waals surface area contributed by atoms with Gasteiger partial charge < -0.3 is 14.6 Å². The van der Waals surface area contributed by atoms with Crippen LogP contribution in [0.1, 0.15) is 11.6 Å². The molecule has 0 atom stereocenters. The molecule has 0 radical (unpaired) electrons. The molecular formula is C13H14N6O3. The van der Waals surface area contributed by atoms with Crippen molar-refractivity contribution in [1.82, 2.24) is 30.1 Å². The van der Waals surface area contributed by atoms with Crippen molar-refractivity contribution in [2.24, 2.45) is 0 Å². The number of fused-ring (bicyclic) bond motifs is 1. The van der Waals surface area contributed by atoms with Crippen molar-refractivity contribution in [2.45, 2.75) is 13.5 Å². The van der Waals surface area contributed by atoms with Crippen LogP contribution in [0.15, 0.2) is 22.9 Å². The van der Waals surface area contributed by atoms with Gasteiger partial charge in [0, 0.05) is 18.9 Å². The molecule has 0 saturated carbocycles. The van der Waals surface area contributed by atoms with E-state index in [9.17, 15) is 4.79 Å². The molecule has 0 aromatic carbocycles. The van der Waals surface area contributed by atoms with Crippen molar-refractivity contribution in [2.75, 3.05) is 13.7 Å². The number of amides is 1. The normalized spacial score (nSPS) is 11.0. The fourth-order valence-electron chi connectivity index (χ4n) is 1.97. The first-order chi connectivity index (χ1) is 10.7. The number of aryl methyl sites for hydroxylation is 1. The number of pyridine rings is 1. The van der Waals surface area contributed by atoms with E-state index >= 15 is 0 Å². The maximum Gasteiger partial charge on any atom is 0.258 e. The molecule has 0 aliphatic carbocycles. The maximum absolute atomic E-state index is 11.4. The number of hydrogen-bond donors (Lipinski definition) is 1. The van der Waals surface area contributed by atoms with Gasteiger partial charge in [-0.3, -0.25) is 9.20 Å². The first kappa shape index (κ1) is 14.1. The molecule has 0 aliphatic rings. The third kappa shape index (κ3) is 2.79. The van der Waals surface area contributed by atoms with Gasteiger partial charge in [-0.25, -0.2) is 0 Å². The van der Waals surface area contributed by atoms with Gasteiger partial charge in [0.15, 0.2) is 17.3 Å². The molecule has 9 nitrogen and oxygen atoms in total. The largest absolute Gasteiger partial charge is 0.375 e. The Morgan fingerprint density at radius 3 is 3.05 bits per heavy atom. The average molecular weight is 302 g/mol. The number of rotatable bonds is 5. The lowest BCUT2D eigenvalue weighted by molar-refractivity contribution is -0.124. The van der Waals surface area contributed by atoms with Crippen LogP contribution in [0.5, 0.6) is 0 Å². The molecule has 22 heavy (non-hydrogen) atoms. The molecule has 0 fully saturated rings. The van der Waals surface area contributed by atoms with Crippen LogP contribution in [-0.4, -0.2) is 44.4 Å². The number of carbonyl (C=O) groups is 1. The van der Waals surface area contributed by atoms with E-state index in [4.69, 9.17) is 9.26 Å². The van der Waals surface area contributed by atoms with E-state index in [1.165, 1.54) is 7.11 Å². The Bertz CT molecular complexity index is 809. The fraction of sp³-hybridized carbons (Fsp3) is 0.308. The first-order valence-corrected chi connectivity index (χ1v) is 6.57. The van der Waals surface area contributed by atoms with E-state index in [0.29, 0.717) is 23.2 Å². The van der Waals surface area contributed by atoms with Gasteiger partial charge in [-0.15, -0.1) is 10.2 Å². The molecule has 3 heterocycles. The van der Waals surface area contributed by atoms with Crippen LogP contribution < -0.4 is 5.32 Å². The van der Waals surface area contributed by atoms with Crippen LogP contribution in [0, 0.1) is 6.92 Å². The van der Waals surface area contributed by atoms with Crippen LogP contribution in [0.2, 0.25) is 0 Å². The minimum Gasteiger partial charge on any atom is -0.375 e. The summed E-state index contributed by atoms with van der Waals surface area (Å²) in [6, 6.07) is 3.62. The minimum atomic E-state index is -0.211. The summed E-state index contributed by atoms with van der Waals surface area (Å²) in [5.41, 5.74) is 1.39. The van der Waals surface area contributed by atoms with Crippen molar-refractivity contribution in [3.63, 3.8) is 0 Å². The number of aromatic nitrogens is 5. The van der Waals surface area contributed by atoms with E-state index in [2.05, 4.69) is 25.7 Å². The molecule has 3 aromatic heterocycles. The summed E-state index contributed by atoms with van der Waals surface area (Å²) in [6.45, 7) is 2.03. The minimum absolute atomic E-state index is 0.0113. The molecule has 9 heteroatoms. The molecule has 114 valence electrons. The van der Waals surface area contributed by atoms with Crippen LogP contribution in [0.25, 0.3) is 17.1 Å². The average Bonchev–Trinajstić information content (AvgIpc) is 3.11. The Morgan fingerprint density at radius 2 is 2.32 bits per heavy atom. The molecular weight excluding hydrogens is 288 g/mol. The number of carbonyl (C=O) groups excluding carboxylic acids is 1. The van der Waals surface area contributed by atoms with Gasteiger partial charge in [-0.05, 0) is 19.1 Å². The zero-order valence-electron chi connectivity index (χ0n) is 12.1. The van der Waals surface area contributed by atoms with Crippen molar-refractivity contribution in [1.29, 1.82) is 0 Å². The monoisotopic (exact) mass is 302 g/mol. The molecule has 3 aromatic rings. The highest BCUT2D eigenvalue weighted by Crippen LogP contribution is 2.18. The highest BCUT2D eigenvalue weighted by atomic mass is 16.5. The van der Waals surface area contributed by atoms with E-state index in [1.54, 1.807) is 23.6 Å². The predicted molar refractivity (Wildman–Crippen MR) is 74.7 cm³/mol. The fourth-order valence-corrected chi connectivity index (χ4v) is 1.97. The van der Waals surface area contributed by atoms with Crippen LogP contribution >= 0.6 is 0 Å². The van der Waals surface area contributed by atoms with Gasteiger partial charge in [-0.2, -0.15) is 4.98 Å². The highest BCUT2D eigenvalue weighted by molar-refractivity contribution is 5.77. The zero-order valence-corrected chi connectivity index (χ0v) is 12.1. The zero-order chi connectivity index (χ0) is 15.5. The van der Waals surface area contributed by atoms with Crippen molar-refractivity contribution >= 4 is 11.6 Å². The van der Waals surface area contributed by atoms with Crippen molar-refractivity contribution in [3.8, 4) is 11.5 Å². The number of nitrogens with one attached hydrogen (secondary N) is 1. The first-order valence-electron chi connectivity index (χ1n) is 6.57. The Hall–Kier alpha value is -2.81. The third-order valence-electron chi connectivity index (χ3n) is 2.97. The summed E-state index contributed by atoms with van der Waals surface area (Å²) in [6.07, 6.45) is 1.79. The molecule has 1 amide bonds. The number of hydrogen-bond acceptors (Lipinski definition) is 7. The van der Waals surface area contributed by atoms with Gasteiger partial charge >= 0.3 is 0 Å². The second-order valence-corrected chi connectivity index (χ2v) is 4.62. The van der Waals surface area contributed by atoms with Gasteiger partial charge in [0.1, 0.15) is 6.61 Å². The van der Waals surface area contributed by atoms with Crippen LogP contribution in [0.4, 0.5) is 0 Å². The van der Waals surface area contributed by atoms with E-state index in [0.717, 1.165) is 5.56 Å². The number of methoxy groups -OCH3 is 1. The van der Waals surface area contributed by atoms with Gasteiger partial charge in [-0.1, -0.05) is 5.16 Å². The van der Waals surface area contributed by atoms with Gasteiger partial charge in [0.05, 0.1) is 6.54 Å².